The largest absolute Gasteiger partial charge is 0.496 e. The van der Waals surface area contributed by atoms with Crippen LogP contribution < -0.4 is 10.2 Å². The molecule has 2 aromatic rings. The standard InChI is InChI=1S/C21H23ClN4O2/c1-13-11-23-18(14(2)20(13)28-3)12-25-8-9-26-19(21(25)27)10-17(24-26)15-6-4-5-7-16(15)22/h4-9,11,17,19,24H,10,12H2,1-3H3. The first kappa shape index (κ1) is 18.8. The van der Waals surface area contributed by atoms with Gasteiger partial charge in [-0.05, 0) is 31.9 Å². The molecule has 0 spiro atoms. The number of aromatic nitrogens is 1. The van der Waals surface area contributed by atoms with Crippen LogP contribution in [0.3, 0.4) is 0 Å². The molecule has 0 aliphatic carbocycles. The molecule has 1 saturated heterocycles. The molecular formula is C21H23ClN4O2. The molecule has 1 aromatic carbocycles. The number of hydrogen-bond acceptors (Lipinski definition) is 5. The van der Waals surface area contributed by atoms with Crippen molar-refractivity contribution in [2.45, 2.75) is 38.9 Å². The third-order valence-corrected chi connectivity index (χ3v) is 5.77. The summed E-state index contributed by atoms with van der Waals surface area (Å²) < 4.78 is 5.48. The number of carbonyl (C=O) groups excluding carboxylic acids is 1. The molecule has 2 unspecified atom stereocenters. The summed E-state index contributed by atoms with van der Waals surface area (Å²) in [6.07, 6.45) is 6.15. The fraction of sp³-hybridized carbons (Fsp3) is 0.333. The third-order valence-electron chi connectivity index (χ3n) is 5.43. The number of benzene rings is 1. The van der Waals surface area contributed by atoms with E-state index in [-0.39, 0.29) is 18.0 Å². The minimum atomic E-state index is -0.265. The summed E-state index contributed by atoms with van der Waals surface area (Å²) in [6, 6.07) is 7.48. The van der Waals surface area contributed by atoms with Crippen molar-refractivity contribution in [3.63, 3.8) is 0 Å². The number of pyridine rings is 1. The number of aryl methyl sites for hydroxylation is 1. The second-order valence-electron chi connectivity index (χ2n) is 7.17. The van der Waals surface area contributed by atoms with Gasteiger partial charge in [0.2, 0.25) is 0 Å². The van der Waals surface area contributed by atoms with Crippen molar-refractivity contribution < 1.29 is 9.53 Å². The zero-order valence-corrected chi connectivity index (χ0v) is 16.9. The highest BCUT2D eigenvalue weighted by Crippen LogP contribution is 2.34. The average Bonchev–Trinajstić information content (AvgIpc) is 3.12. The van der Waals surface area contributed by atoms with E-state index in [0.29, 0.717) is 18.0 Å². The summed E-state index contributed by atoms with van der Waals surface area (Å²) in [7, 11) is 1.65. The second-order valence-corrected chi connectivity index (χ2v) is 7.58. The highest BCUT2D eigenvalue weighted by Gasteiger charge is 2.40. The van der Waals surface area contributed by atoms with Crippen LogP contribution in [0.4, 0.5) is 0 Å². The lowest BCUT2D eigenvalue weighted by molar-refractivity contribution is -0.135. The molecule has 0 saturated carbocycles. The number of fused-ring (bicyclic) bond motifs is 1. The number of nitrogens with zero attached hydrogens (tertiary/aromatic N) is 3. The van der Waals surface area contributed by atoms with Crippen LogP contribution in [0, 0.1) is 13.8 Å². The van der Waals surface area contributed by atoms with Gasteiger partial charge in [-0.15, -0.1) is 0 Å². The van der Waals surface area contributed by atoms with Crippen LogP contribution in [0.1, 0.15) is 34.8 Å². The molecule has 0 radical (unpaired) electrons. The summed E-state index contributed by atoms with van der Waals surface area (Å²) in [5, 5.41) is 2.59. The maximum Gasteiger partial charge on any atom is 0.251 e. The number of nitrogens with one attached hydrogen (secondary N) is 1. The second kappa shape index (κ2) is 7.45. The van der Waals surface area contributed by atoms with Crippen molar-refractivity contribution >= 4 is 17.5 Å². The summed E-state index contributed by atoms with van der Waals surface area (Å²) >= 11 is 6.34. The van der Waals surface area contributed by atoms with Gasteiger partial charge in [-0.2, -0.15) is 0 Å². The quantitative estimate of drug-likeness (QED) is 0.854. The first-order valence-corrected chi connectivity index (χ1v) is 9.64. The summed E-state index contributed by atoms with van der Waals surface area (Å²) in [5.41, 5.74) is 7.17. The van der Waals surface area contributed by atoms with Gasteiger partial charge in [0, 0.05) is 34.7 Å². The smallest absolute Gasteiger partial charge is 0.251 e. The fourth-order valence-corrected chi connectivity index (χ4v) is 4.19. The Hall–Kier alpha value is -2.57. The molecule has 1 amide bonds. The Morgan fingerprint density at radius 3 is 2.82 bits per heavy atom. The maximum atomic E-state index is 13.1. The van der Waals surface area contributed by atoms with Crippen LogP contribution in [-0.2, 0) is 11.3 Å². The number of halogens is 1. The van der Waals surface area contributed by atoms with Crippen LogP contribution in [-0.4, -0.2) is 34.0 Å². The van der Waals surface area contributed by atoms with Gasteiger partial charge >= 0.3 is 0 Å². The molecule has 2 aliphatic rings. The van der Waals surface area contributed by atoms with Crippen LogP contribution in [0.2, 0.25) is 5.02 Å². The molecular weight excluding hydrogens is 376 g/mol. The number of methoxy groups -OCH3 is 1. The SMILES string of the molecule is COc1c(C)cnc(CN2C=CN3NC(c4ccccc4Cl)CC3C2=O)c1C. The first-order valence-electron chi connectivity index (χ1n) is 9.26. The van der Waals surface area contributed by atoms with Crippen molar-refractivity contribution in [2.75, 3.05) is 7.11 Å². The lowest BCUT2D eigenvalue weighted by Crippen LogP contribution is -2.47. The molecule has 1 aromatic heterocycles. The van der Waals surface area contributed by atoms with E-state index in [1.54, 1.807) is 24.4 Å². The summed E-state index contributed by atoms with van der Waals surface area (Å²) in [5.74, 6) is 0.867. The molecule has 2 aliphatic heterocycles. The van der Waals surface area contributed by atoms with Gasteiger partial charge in [0.15, 0.2) is 0 Å². The van der Waals surface area contributed by atoms with E-state index in [1.165, 1.54) is 0 Å². The summed E-state index contributed by atoms with van der Waals surface area (Å²) in [4.78, 5) is 19.4. The van der Waals surface area contributed by atoms with Crippen LogP contribution in [0.25, 0.3) is 0 Å². The van der Waals surface area contributed by atoms with Gasteiger partial charge in [-0.3, -0.25) is 9.78 Å². The molecule has 1 N–H and O–H groups in total. The number of amides is 1. The Kier molecular flexibility index (Phi) is 5.00. The fourth-order valence-electron chi connectivity index (χ4n) is 3.92. The number of rotatable bonds is 4. The maximum absolute atomic E-state index is 13.1. The topological polar surface area (TPSA) is 57.7 Å². The van der Waals surface area contributed by atoms with Gasteiger partial charge in [-0.25, -0.2) is 5.43 Å². The highest BCUT2D eigenvalue weighted by molar-refractivity contribution is 6.31. The number of carbonyl (C=O) groups is 1. The van der Waals surface area contributed by atoms with Crippen molar-refractivity contribution in [2.24, 2.45) is 0 Å². The Morgan fingerprint density at radius 2 is 2.07 bits per heavy atom. The summed E-state index contributed by atoms with van der Waals surface area (Å²) in [6.45, 7) is 4.35. The predicted octanol–water partition coefficient (Wildman–Crippen LogP) is 3.49. The van der Waals surface area contributed by atoms with E-state index in [0.717, 1.165) is 28.1 Å². The number of hydrogen-bond donors (Lipinski definition) is 1. The molecule has 4 rings (SSSR count). The Balaban J connectivity index is 1.53. The van der Waals surface area contributed by atoms with Crippen molar-refractivity contribution in [3.8, 4) is 5.75 Å². The molecule has 2 atom stereocenters. The van der Waals surface area contributed by atoms with Gasteiger partial charge in [0.1, 0.15) is 11.8 Å². The van der Waals surface area contributed by atoms with Crippen LogP contribution >= 0.6 is 11.6 Å². The number of ether oxygens (including phenoxy) is 1. The van der Waals surface area contributed by atoms with Gasteiger partial charge in [0.05, 0.1) is 25.4 Å². The zero-order valence-electron chi connectivity index (χ0n) is 16.1. The molecule has 6 nitrogen and oxygen atoms in total. The van der Waals surface area contributed by atoms with Crippen molar-refractivity contribution in [1.29, 1.82) is 0 Å². The predicted molar refractivity (Wildman–Crippen MR) is 108 cm³/mol. The zero-order chi connectivity index (χ0) is 19.8. The van der Waals surface area contributed by atoms with E-state index in [9.17, 15) is 4.79 Å². The molecule has 0 bridgehead atoms. The van der Waals surface area contributed by atoms with Gasteiger partial charge in [0.25, 0.3) is 5.91 Å². The van der Waals surface area contributed by atoms with Crippen molar-refractivity contribution in [3.05, 3.63) is 70.3 Å². The van der Waals surface area contributed by atoms with Gasteiger partial charge < -0.3 is 14.6 Å². The Bertz CT molecular complexity index is 946. The van der Waals surface area contributed by atoms with E-state index in [1.807, 2.05) is 49.3 Å². The minimum Gasteiger partial charge on any atom is -0.496 e. The highest BCUT2D eigenvalue weighted by atomic mass is 35.5. The monoisotopic (exact) mass is 398 g/mol. The van der Waals surface area contributed by atoms with E-state index < -0.39 is 0 Å². The third kappa shape index (κ3) is 3.23. The average molecular weight is 399 g/mol. The van der Waals surface area contributed by atoms with E-state index in [4.69, 9.17) is 16.3 Å². The van der Waals surface area contributed by atoms with Crippen molar-refractivity contribution in [1.82, 2.24) is 20.3 Å². The molecule has 1 fully saturated rings. The Morgan fingerprint density at radius 1 is 1.29 bits per heavy atom. The van der Waals surface area contributed by atoms with Crippen LogP contribution in [0.15, 0.2) is 42.9 Å². The lowest BCUT2D eigenvalue weighted by Gasteiger charge is -2.32. The minimum absolute atomic E-state index is 0.00609. The van der Waals surface area contributed by atoms with Gasteiger partial charge in [-0.1, -0.05) is 29.8 Å². The molecule has 7 heteroatoms. The normalized spacial score (nSPS) is 21.2. The van der Waals surface area contributed by atoms with Crippen LogP contribution in [0.5, 0.6) is 5.75 Å². The van der Waals surface area contributed by atoms with E-state index in [2.05, 4.69) is 10.4 Å². The number of hydrazine groups is 1. The lowest BCUT2D eigenvalue weighted by atomic mass is 10.0. The first-order chi connectivity index (χ1) is 13.5. The van der Waals surface area contributed by atoms with E-state index >= 15 is 0 Å². The molecule has 146 valence electrons. The Labute approximate surface area is 169 Å². The molecule has 3 heterocycles. The molecule has 28 heavy (non-hydrogen) atoms.